The lowest BCUT2D eigenvalue weighted by molar-refractivity contribution is 0.749. The molecule has 0 aliphatic carbocycles. The zero-order valence-electron chi connectivity index (χ0n) is 11.5. The number of hydrogen-bond donors (Lipinski definition) is 0. The first-order valence-electron chi connectivity index (χ1n) is 6.79. The molecule has 0 aromatic carbocycles. The highest BCUT2D eigenvalue weighted by atomic mass is 14.0. The first-order valence-corrected chi connectivity index (χ1v) is 5.13. The highest BCUT2D eigenvalue weighted by Crippen LogP contribution is 2.12. The Hall–Kier alpha value is -0.260. The minimum Gasteiger partial charge on any atom is -0.0853 e. The van der Waals surface area contributed by atoms with Gasteiger partial charge in [-0.15, -0.1) is 0 Å². The molecule has 0 aliphatic rings. The summed E-state index contributed by atoms with van der Waals surface area (Å²) in [5.74, 6) is 0. The maximum Gasteiger partial charge on any atom is 0.0575 e. The lowest BCUT2D eigenvalue weighted by Gasteiger charge is -2.02. The van der Waals surface area contributed by atoms with Crippen molar-refractivity contribution in [1.29, 1.82) is 0 Å². The second-order valence-electron chi connectivity index (χ2n) is 3.19. The first-order chi connectivity index (χ1) is 7.11. The van der Waals surface area contributed by atoms with Crippen molar-refractivity contribution in [3.63, 3.8) is 0 Å². The van der Waals surface area contributed by atoms with Crippen LogP contribution in [0.15, 0.2) is 11.6 Å². The van der Waals surface area contributed by atoms with Crippen molar-refractivity contribution in [3.8, 4) is 0 Å². The van der Waals surface area contributed by atoms with E-state index in [1.54, 1.807) is 0 Å². The van der Waals surface area contributed by atoms with Gasteiger partial charge in [0.2, 0.25) is 0 Å². The van der Waals surface area contributed by atoms with E-state index in [9.17, 15) is 0 Å². The molecule has 0 heterocycles. The minimum atomic E-state index is -0.807. The summed E-state index contributed by atoms with van der Waals surface area (Å²) in [4.78, 5) is 0. The number of rotatable bonds is 7. The van der Waals surface area contributed by atoms with E-state index in [-0.39, 0.29) is 0 Å². The Labute approximate surface area is 82.3 Å². The molecule has 72 valence electrons. The molecule has 0 unspecified atom stereocenters. The maximum absolute atomic E-state index is 7.92. The lowest BCUT2D eigenvalue weighted by Crippen LogP contribution is -1.82. The summed E-state index contributed by atoms with van der Waals surface area (Å²) >= 11 is 0. The van der Waals surface area contributed by atoms with E-state index in [0.717, 1.165) is 44.1 Å². The average molecular weight is 171 g/mol. The van der Waals surface area contributed by atoms with E-state index in [4.69, 9.17) is 4.11 Å². The summed E-state index contributed by atoms with van der Waals surface area (Å²) in [5.41, 5.74) is 1.04. The van der Waals surface area contributed by atoms with Gasteiger partial charge in [0.15, 0.2) is 0 Å². The van der Waals surface area contributed by atoms with Crippen molar-refractivity contribution in [1.82, 2.24) is 0 Å². The van der Waals surface area contributed by atoms with E-state index >= 15 is 0 Å². The maximum atomic E-state index is 7.92. The minimum absolute atomic E-state index is 0.461. The molecular formula is C12H24. The molecule has 12 heavy (non-hydrogen) atoms. The third kappa shape index (κ3) is 6.45. The summed E-state index contributed by atoms with van der Waals surface area (Å²) in [5, 5.41) is 0. The molecule has 0 nitrogen and oxygen atoms in total. The summed E-state index contributed by atoms with van der Waals surface area (Å²) in [7, 11) is 0. The van der Waals surface area contributed by atoms with Crippen LogP contribution in [0, 0.1) is 0 Å². The highest BCUT2D eigenvalue weighted by Gasteiger charge is 1.92. The van der Waals surface area contributed by atoms with Gasteiger partial charge in [0.25, 0.3) is 0 Å². The summed E-state index contributed by atoms with van der Waals surface area (Å²) < 4.78 is 22.4. The SMILES string of the molecule is [2H]/C(CCCC)=C(/CCCC)CC([2H])[2H]. The predicted molar refractivity (Wildman–Crippen MR) is 57.4 cm³/mol. The van der Waals surface area contributed by atoms with Crippen LogP contribution in [0.2, 0.25) is 0 Å². The summed E-state index contributed by atoms with van der Waals surface area (Å²) in [6, 6.07) is 0.690. The van der Waals surface area contributed by atoms with Crippen molar-refractivity contribution in [2.45, 2.75) is 65.7 Å². The van der Waals surface area contributed by atoms with Crippen LogP contribution in [-0.2, 0) is 0 Å². The predicted octanol–water partition coefficient (Wildman–Crippen LogP) is 4.70. The molecular weight excluding hydrogens is 144 g/mol. The molecule has 0 radical (unpaired) electrons. The molecule has 0 aliphatic heterocycles. The van der Waals surface area contributed by atoms with Gasteiger partial charge in [0.1, 0.15) is 0 Å². The highest BCUT2D eigenvalue weighted by molar-refractivity contribution is 5.00. The van der Waals surface area contributed by atoms with E-state index in [1.807, 2.05) is 0 Å². The number of unbranched alkanes of at least 4 members (excludes halogenated alkanes) is 2. The Kier molecular flexibility index (Phi) is 5.28. The molecule has 0 spiro atoms. The number of hydrogen-bond acceptors (Lipinski definition) is 0. The molecule has 0 heteroatoms. The Balaban J connectivity index is 4.28. The van der Waals surface area contributed by atoms with Gasteiger partial charge >= 0.3 is 0 Å². The fourth-order valence-corrected chi connectivity index (χ4v) is 1.09. The van der Waals surface area contributed by atoms with Gasteiger partial charge in [0, 0.05) is 2.74 Å². The quantitative estimate of drug-likeness (QED) is 0.487. The lowest BCUT2D eigenvalue weighted by atomic mass is 10.0. The topological polar surface area (TPSA) is 0 Å². The van der Waals surface area contributed by atoms with Crippen molar-refractivity contribution < 1.29 is 4.11 Å². The van der Waals surface area contributed by atoms with Crippen LogP contribution >= 0.6 is 0 Å². The normalized spacial score (nSPS) is 16.8. The molecule has 0 atom stereocenters. The van der Waals surface area contributed by atoms with Crippen LogP contribution in [0.4, 0.5) is 0 Å². The molecule has 0 rings (SSSR count). The zero-order valence-corrected chi connectivity index (χ0v) is 8.53. The van der Waals surface area contributed by atoms with Crippen LogP contribution in [0.25, 0.3) is 0 Å². The van der Waals surface area contributed by atoms with Gasteiger partial charge in [-0.1, -0.05) is 51.6 Å². The second kappa shape index (κ2) is 8.83. The van der Waals surface area contributed by atoms with Crippen molar-refractivity contribution in [2.75, 3.05) is 0 Å². The summed E-state index contributed by atoms with van der Waals surface area (Å²) in [6.07, 6.45) is 6.55. The van der Waals surface area contributed by atoms with Gasteiger partial charge < -0.3 is 0 Å². The zero-order chi connectivity index (χ0) is 11.7. The second-order valence-corrected chi connectivity index (χ2v) is 3.19. The van der Waals surface area contributed by atoms with Gasteiger partial charge in [-0.2, -0.15) is 0 Å². The molecule has 0 bridgehead atoms. The molecule has 0 fully saturated rings. The Bertz CT molecular complexity index is 185. The monoisotopic (exact) mass is 171 g/mol. The van der Waals surface area contributed by atoms with Crippen molar-refractivity contribution >= 4 is 0 Å². The van der Waals surface area contributed by atoms with E-state index in [1.165, 1.54) is 0 Å². The largest absolute Gasteiger partial charge is 0.0853 e. The molecule has 0 aromatic heterocycles. The van der Waals surface area contributed by atoms with Crippen molar-refractivity contribution in [2.24, 2.45) is 0 Å². The van der Waals surface area contributed by atoms with Crippen LogP contribution in [0.5, 0.6) is 0 Å². The Morgan fingerprint density at radius 3 is 2.67 bits per heavy atom. The number of allylic oxidation sites excluding steroid dienone is 2. The molecule has 0 amide bonds. The van der Waals surface area contributed by atoms with Gasteiger partial charge in [0.05, 0.1) is 1.37 Å². The van der Waals surface area contributed by atoms with Crippen LogP contribution in [0.3, 0.4) is 0 Å². The Morgan fingerprint density at radius 1 is 1.33 bits per heavy atom. The van der Waals surface area contributed by atoms with Crippen molar-refractivity contribution in [3.05, 3.63) is 11.6 Å². The fraction of sp³-hybridized carbons (Fsp3) is 0.833. The van der Waals surface area contributed by atoms with Crippen LogP contribution in [0.1, 0.15) is 69.8 Å². The molecule has 0 N–H and O–H groups in total. The summed E-state index contributed by atoms with van der Waals surface area (Å²) in [6.45, 7) is 3.45. The fourth-order valence-electron chi connectivity index (χ4n) is 1.09. The molecule has 0 saturated carbocycles. The van der Waals surface area contributed by atoms with Crippen LogP contribution in [-0.4, -0.2) is 0 Å². The van der Waals surface area contributed by atoms with E-state index < -0.39 is 6.88 Å². The Morgan fingerprint density at radius 2 is 2.08 bits per heavy atom. The van der Waals surface area contributed by atoms with E-state index in [0.29, 0.717) is 12.5 Å². The van der Waals surface area contributed by atoms with E-state index in [2.05, 4.69) is 13.8 Å². The van der Waals surface area contributed by atoms with Gasteiger partial charge in [-0.05, 0) is 25.7 Å². The standard InChI is InChI=1S/C12H24/c1-4-7-9-11-12(6-3)10-8-5-2/h11H,4-10H2,1-3H3/b12-11-/i3D2,11D. The average Bonchev–Trinajstić information content (AvgIpc) is 2.20. The van der Waals surface area contributed by atoms with Crippen LogP contribution < -0.4 is 0 Å². The first kappa shape index (κ1) is 7.17. The van der Waals surface area contributed by atoms with Gasteiger partial charge in [-0.25, -0.2) is 0 Å². The van der Waals surface area contributed by atoms with Gasteiger partial charge in [-0.3, -0.25) is 0 Å². The third-order valence-corrected chi connectivity index (χ3v) is 1.98. The molecule has 0 saturated heterocycles. The smallest absolute Gasteiger partial charge is 0.0575 e. The third-order valence-electron chi connectivity index (χ3n) is 1.98. The molecule has 0 aromatic rings.